The molecule has 3 N–H and O–H groups in total. The molecule has 1 amide bonds. The van der Waals surface area contributed by atoms with Crippen LogP contribution in [0.5, 0.6) is 5.75 Å². The second-order valence-electron chi connectivity index (χ2n) is 6.61. The monoisotopic (exact) mass is 366 g/mol. The number of likely N-dealkylation sites (tertiary alicyclic amines) is 1. The summed E-state index contributed by atoms with van der Waals surface area (Å²) >= 11 is 0. The van der Waals surface area contributed by atoms with Gasteiger partial charge in [-0.2, -0.15) is 0 Å². The van der Waals surface area contributed by atoms with Crippen LogP contribution < -0.4 is 10.6 Å². The number of hydrogen-bond acceptors (Lipinski definition) is 3. The smallest absolute Gasteiger partial charge is 0.246 e. The Labute approximate surface area is 159 Å². The van der Waals surface area contributed by atoms with E-state index in [1.54, 1.807) is 12.1 Å². The summed E-state index contributed by atoms with van der Waals surface area (Å²) in [5.74, 6) is 1.25. The number of amides is 1. The van der Waals surface area contributed by atoms with Crippen LogP contribution in [0.25, 0.3) is 0 Å². The Bertz CT molecular complexity index is 775. The third-order valence-corrected chi connectivity index (χ3v) is 4.62. The molecule has 0 aliphatic carbocycles. The third kappa shape index (κ3) is 5.23. The lowest BCUT2D eigenvalue weighted by Crippen LogP contribution is -2.40. The first-order valence-electron chi connectivity index (χ1n) is 9.33. The molecule has 2 aromatic rings. The highest BCUT2D eigenvalue weighted by Gasteiger charge is 2.26. The maximum Gasteiger partial charge on any atom is 0.246 e. The van der Waals surface area contributed by atoms with E-state index in [-0.39, 0.29) is 18.2 Å². The Morgan fingerprint density at radius 2 is 1.93 bits per heavy atom. The zero-order valence-electron chi connectivity index (χ0n) is 15.6. The van der Waals surface area contributed by atoms with Gasteiger partial charge >= 0.3 is 0 Å². The van der Waals surface area contributed by atoms with E-state index in [4.69, 9.17) is 0 Å². The van der Waals surface area contributed by atoms with E-state index in [1.807, 2.05) is 13.0 Å². The SMILES string of the molecule is CCNC(=NCC(=O)Nc1ccc(O)cc1)N1CCC(c2ccccc2)C1. The van der Waals surface area contributed by atoms with E-state index in [1.165, 1.54) is 17.7 Å². The predicted octanol–water partition coefficient (Wildman–Crippen LogP) is 2.79. The first-order valence-corrected chi connectivity index (χ1v) is 9.33. The Morgan fingerprint density at radius 1 is 1.19 bits per heavy atom. The van der Waals surface area contributed by atoms with Crippen molar-refractivity contribution in [3.05, 3.63) is 60.2 Å². The summed E-state index contributed by atoms with van der Waals surface area (Å²) in [5.41, 5.74) is 1.99. The third-order valence-electron chi connectivity index (χ3n) is 4.62. The van der Waals surface area contributed by atoms with E-state index < -0.39 is 0 Å². The van der Waals surface area contributed by atoms with Crippen molar-refractivity contribution >= 4 is 17.6 Å². The minimum absolute atomic E-state index is 0.0513. The number of anilines is 1. The number of rotatable bonds is 5. The van der Waals surface area contributed by atoms with Gasteiger partial charge in [0.1, 0.15) is 12.3 Å². The van der Waals surface area contributed by atoms with E-state index in [0.717, 1.165) is 32.0 Å². The Balaban J connectivity index is 1.59. The Morgan fingerprint density at radius 3 is 2.63 bits per heavy atom. The molecule has 0 bridgehead atoms. The molecule has 1 aliphatic heterocycles. The van der Waals surface area contributed by atoms with Crippen LogP contribution in [-0.2, 0) is 4.79 Å². The summed E-state index contributed by atoms with van der Waals surface area (Å²) < 4.78 is 0. The summed E-state index contributed by atoms with van der Waals surface area (Å²) in [7, 11) is 0. The fraction of sp³-hybridized carbons (Fsp3) is 0.333. The van der Waals surface area contributed by atoms with Gasteiger partial charge in [-0.05, 0) is 43.2 Å². The Kier molecular flexibility index (Phi) is 6.30. The number of phenols is 1. The molecule has 2 aromatic carbocycles. The van der Waals surface area contributed by atoms with Crippen LogP contribution in [0.15, 0.2) is 59.6 Å². The van der Waals surface area contributed by atoms with Crippen molar-refractivity contribution in [1.82, 2.24) is 10.2 Å². The molecule has 0 spiro atoms. The maximum atomic E-state index is 12.2. The van der Waals surface area contributed by atoms with Crippen LogP contribution in [-0.4, -0.2) is 48.1 Å². The van der Waals surface area contributed by atoms with E-state index in [2.05, 4.69) is 44.8 Å². The van der Waals surface area contributed by atoms with Crippen LogP contribution in [0, 0.1) is 0 Å². The molecule has 0 radical (unpaired) electrons. The van der Waals surface area contributed by atoms with Crippen molar-refractivity contribution in [3.63, 3.8) is 0 Å². The zero-order chi connectivity index (χ0) is 19.1. The lowest BCUT2D eigenvalue weighted by Gasteiger charge is -2.21. The lowest BCUT2D eigenvalue weighted by atomic mass is 9.99. The number of aliphatic imine (C=N–C) groups is 1. The maximum absolute atomic E-state index is 12.2. The van der Waals surface area contributed by atoms with Crippen molar-refractivity contribution in [2.45, 2.75) is 19.3 Å². The number of carbonyl (C=O) groups is 1. The molecule has 142 valence electrons. The van der Waals surface area contributed by atoms with Crippen molar-refractivity contribution in [3.8, 4) is 5.75 Å². The van der Waals surface area contributed by atoms with E-state index in [9.17, 15) is 9.90 Å². The van der Waals surface area contributed by atoms with Crippen molar-refractivity contribution in [2.24, 2.45) is 4.99 Å². The molecule has 1 heterocycles. The van der Waals surface area contributed by atoms with Gasteiger partial charge in [0.25, 0.3) is 0 Å². The first-order chi connectivity index (χ1) is 13.2. The summed E-state index contributed by atoms with van der Waals surface area (Å²) in [6.07, 6.45) is 1.08. The number of carbonyl (C=O) groups excluding carboxylic acids is 1. The molecular weight excluding hydrogens is 340 g/mol. The molecule has 6 heteroatoms. The largest absolute Gasteiger partial charge is 0.508 e. The number of nitrogens with one attached hydrogen (secondary N) is 2. The summed E-state index contributed by atoms with van der Waals surface area (Å²) in [6, 6.07) is 16.9. The highest BCUT2D eigenvalue weighted by Crippen LogP contribution is 2.26. The molecule has 1 saturated heterocycles. The second-order valence-corrected chi connectivity index (χ2v) is 6.61. The van der Waals surface area contributed by atoms with E-state index in [0.29, 0.717) is 11.6 Å². The van der Waals surface area contributed by atoms with Gasteiger partial charge in [0.2, 0.25) is 5.91 Å². The van der Waals surface area contributed by atoms with Crippen molar-refractivity contribution in [2.75, 3.05) is 31.5 Å². The van der Waals surface area contributed by atoms with Crippen molar-refractivity contribution < 1.29 is 9.90 Å². The molecule has 1 fully saturated rings. The zero-order valence-corrected chi connectivity index (χ0v) is 15.6. The van der Waals surface area contributed by atoms with Crippen LogP contribution in [0.1, 0.15) is 24.8 Å². The Hall–Kier alpha value is -3.02. The van der Waals surface area contributed by atoms with Gasteiger partial charge in [-0.15, -0.1) is 0 Å². The summed E-state index contributed by atoms with van der Waals surface area (Å²) in [5, 5.41) is 15.4. The van der Waals surface area contributed by atoms with Gasteiger partial charge < -0.3 is 20.6 Å². The number of aromatic hydroxyl groups is 1. The topological polar surface area (TPSA) is 77.0 Å². The van der Waals surface area contributed by atoms with Gasteiger partial charge in [0.05, 0.1) is 0 Å². The average Bonchev–Trinajstić information content (AvgIpc) is 3.18. The van der Waals surface area contributed by atoms with Gasteiger partial charge in [0, 0.05) is 31.2 Å². The fourth-order valence-corrected chi connectivity index (χ4v) is 3.27. The number of guanidine groups is 1. The van der Waals surface area contributed by atoms with Gasteiger partial charge in [-0.1, -0.05) is 30.3 Å². The number of benzene rings is 2. The second kappa shape index (κ2) is 9.07. The van der Waals surface area contributed by atoms with E-state index >= 15 is 0 Å². The highest BCUT2D eigenvalue weighted by atomic mass is 16.3. The number of hydrogen-bond donors (Lipinski definition) is 3. The molecule has 27 heavy (non-hydrogen) atoms. The van der Waals surface area contributed by atoms with Gasteiger partial charge in [-0.25, -0.2) is 4.99 Å². The van der Waals surface area contributed by atoms with Gasteiger partial charge in [0.15, 0.2) is 5.96 Å². The molecule has 0 saturated carbocycles. The normalized spacial score (nSPS) is 17.0. The standard InChI is InChI=1S/C21H26N4O2/c1-2-22-21(23-14-20(27)24-18-8-10-19(26)11-9-18)25-13-12-17(15-25)16-6-4-3-5-7-16/h3-11,17,26H,2,12-15H2,1H3,(H,22,23)(H,24,27). The van der Waals surface area contributed by atoms with Crippen molar-refractivity contribution in [1.29, 1.82) is 0 Å². The fourth-order valence-electron chi connectivity index (χ4n) is 3.27. The molecule has 1 atom stereocenters. The minimum atomic E-state index is -0.185. The van der Waals surface area contributed by atoms with Crippen LogP contribution in [0.2, 0.25) is 0 Å². The molecule has 3 rings (SSSR count). The summed E-state index contributed by atoms with van der Waals surface area (Å²) in [6.45, 7) is 4.65. The average molecular weight is 366 g/mol. The predicted molar refractivity (Wildman–Crippen MR) is 108 cm³/mol. The molecule has 0 aromatic heterocycles. The molecule has 6 nitrogen and oxygen atoms in total. The molecule has 1 unspecified atom stereocenters. The summed E-state index contributed by atoms with van der Waals surface area (Å²) in [4.78, 5) is 18.9. The molecule has 1 aliphatic rings. The quantitative estimate of drug-likeness (QED) is 0.432. The first kappa shape index (κ1) is 18.8. The van der Waals surface area contributed by atoms with Crippen LogP contribution >= 0.6 is 0 Å². The highest BCUT2D eigenvalue weighted by molar-refractivity contribution is 5.94. The van der Waals surface area contributed by atoms with Gasteiger partial charge in [-0.3, -0.25) is 4.79 Å². The lowest BCUT2D eigenvalue weighted by molar-refractivity contribution is -0.114. The van der Waals surface area contributed by atoms with Crippen LogP contribution in [0.4, 0.5) is 5.69 Å². The molecular formula is C21H26N4O2. The minimum Gasteiger partial charge on any atom is -0.508 e. The number of phenolic OH excluding ortho intramolecular Hbond substituents is 1. The van der Waals surface area contributed by atoms with Crippen LogP contribution in [0.3, 0.4) is 0 Å². The number of nitrogens with zero attached hydrogens (tertiary/aromatic N) is 2.